The van der Waals surface area contributed by atoms with E-state index in [-0.39, 0.29) is 0 Å². The number of likely N-dealkylation sites (tertiary alicyclic amines) is 1. The first kappa shape index (κ1) is 13.7. The number of aromatic amines is 1. The average molecular weight is 271 g/mol. The van der Waals surface area contributed by atoms with Gasteiger partial charge in [-0.05, 0) is 29.9 Å². The molecule has 0 bridgehead atoms. The molecule has 2 atom stereocenters. The maximum atomic E-state index is 6.15. The van der Waals surface area contributed by atoms with Crippen molar-refractivity contribution in [3.05, 3.63) is 35.5 Å². The van der Waals surface area contributed by atoms with Crippen LogP contribution in [0.4, 0.5) is 0 Å². The summed E-state index contributed by atoms with van der Waals surface area (Å²) in [6, 6.07) is 6.94. The van der Waals surface area contributed by atoms with Crippen LogP contribution < -0.4 is 5.73 Å². The third-order valence-electron chi connectivity index (χ3n) is 4.43. The van der Waals surface area contributed by atoms with E-state index in [0.717, 1.165) is 32.5 Å². The minimum absolute atomic E-state index is 0.329. The third kappa shape index (κ3) is 2.60. The fourth-order valence-electron chi connectivity index (χ4n) is 3.58. The van der Waals surface area contributed by atoms with Gasteiger partial charge in [-0.1, -0.05) is 32.0 Å². The Bertz CT molecular complexity index is 577. The summed E-state index contributed by atoms with van der Waals surface area (Å²) in [6.45, 7) is 7.70. The van der Waals surface area contributed by atoms with Gasteiger partial charge >= 0.3 is 0 Å². The van der Waals surface area contributed by atoms with Crippen LogP contribution in [0.25, 0.3) is 10.9 Å². The number of nitrogens with zero attached hydrogens (tertiary/aromatic N) is 1. The van der Waals surface area contributed by atoms with Crippen LogP contribution in [-0.4, -0.2) is 29.0 Å². The predicted molar refractivity (Wildman–Crippen MR) is 84.7 cm³/mol. The molecule has 0 aliphatic carbocycles. The number of para-hydroxylation sites is 1. The zero-order chi connectivity index (χ0) is 14.1. The van der Waals surface area contributed by atoms with E-state index in [0.29, 0.717) is 12.0 Å². The van der Waals surface area contributed by atoms with Crippen LogP contribution in [0.1, 0.15) is 31.4 Å². The molecule has 0 spiro atoms. The number of fused-ring (bicyclic) bond motifs is 1. The number of aryl methyl sites for hydroxylation is 1. The fourth-order valence-corrected chi connectivity index (χ4v) is 3.58. The quantitative estimate of drug-likeness (QED) is 0.901. The summed E-state index contributed by atoms with van der Waals surface area (Å²) in [7, 11) is 0. The topological polar surface area (TPSA) is 45.0 Å². The number of piperidine rings is 1. The van der Waals surface area contributed by atoms with Gasteiger partial charge in [0.2, 0.25) is 0 Å². The lowest BCUT2D eigenvalue weighted by atomic mass is 9.96. The van der Waals surface area contributed by atoms with Crippen molar-refractivity contribution >= 4 is 10.9 Å². The molecule has 1 aliphatic heterocycles. The van der Waals surface area contributed by atoms with Crippen LogP contribution >= 0.6 is 0 Å². The number of nitrogens with two attached hydrogens (primary N) is 1. The number of H-pyrrole nitrogens is 1. The van der Waals surface area contributed by atoms with Crippen molar-refractivity contribution in [1.29, 1.82) is 0 Å². The monoisotopic (exact) mass is 271 g/mol. The lowest BCUT2D eigenvalue weighted by molar-refractivity contribution is 0.159. The molecule has 2 aromatic rings. The van der Waals surface area contributed by atoms with Crippen LogP contribution in [0.15, 0.2) is 24.4 Å². The average Bonchev–Trinajstić information content (AvgIpc) is 2.81. The number of aromatic nitrogens is 1. The largest absolute Gasteiger partial charge is 0.361 e. The minimum atomic E-state index is 0.329. The van der Waals surface area contributed by atoms with E-state index >= 15 is 0 Å². The molecule has 1 fully saturated rings. The molecule has 0 radical (unpaired) electrons. The van der Waals surface area contributed by atoms with Gasteiger partial charge in [0, 0.05) is 42.8 Å². The van der Waals surface area contributed by atoms with Crippen LogP contribution in [0, 0.1) is 5.92 Å². The molecule has 2 heterocycles. The summed E-state index contributed by atoms with van der Waals surface area (Å²) in [5, 5.41) is 1.37. The van der Waals surface area contributed by atoms with Crippen LogP contribution in [0.2, 0.25) is 0 Å². The van der Waals surface area contributed by atoms with E-state index in [1.807, 2.05) is 0 Å². The summed E-state index contributed by atoms with van der Waals surface area (Å²) in [6.07, 6.45) is 4.40. The van der Waals surface area contributed by atoms with E-state index in [2.05, 4.69) is 48.1 Å². The normalized spacial score (nSPS) is 24.4. The van der Waals surface area contributed by atoms with Crippen molar-refractivity contribution in [2.75, 3.05) is 13.1 Å². The Balaban J connectivity index is 1.84. The number of benzene rings is 1. The summed E-state index contributed by atoms with van der Waals surface area (Å²) < 4.78 is 0. The highest BCUT2D eigenvalue weighted by Crippen LogP contribution is 2.25. The summed E-state index contributed by atoms with van der Waals surface area (Å²) in [4.78, 5) is 5.96. The second-order valence-corrected chi connectivity index (χ2v) is 6.30. The molecule has 0 saturated carbocycles. The Hall–Kier alpha value is -1.32. The molecule has 20 heavy (non-hydrogen) atoms. The second kappa shape index (κ2) is 5.58. The highest BCUT2D eigenvalue weighted by Gasteiger charge is 2.22. The van der Waals surface area contributed by atoms with E-state index in [1.165, 1.54) is 22.0 Å². The van der Waals surface area contributed by atoms with Gasteiger partial charge in [-0.15, -0.1) is 0 Å². The van der Waals surface area contributed by atoms with Crippen LogP contribution in [0.3, 0.4) is 0 Å². The van der Waals surface area contributed by atoms with E-state index in [1.54, 1.807) is 0 Å². The molecular weight excluding hydrogens is 246 g/mol. The number of nitrogens with one attached hydrogen (secondary N) is 1. The fraction of sp³-hybridized carbons (Fsp3) is 0.529. The smallest absolute Gasteiger partial charge is 0.0489 e. The van der Waals surface area contributed by atoms with Gasteiger partial charge < -0.3 is 10.7 Å². The van der Waals surface area contributed by atoms with Crippen LogP contribution in [-0.2, 0) is 13.0 Å². The Morgan fingerprint density at radius 3 is 2.90 bits per heavy atom. The number of hydrogen-bond acceptors (Lipinski definition) is 2. The maximum Gasteiger partial charge on any atom is 0.0489 e. The molecule has 3 nitrogen and oxygen atoms in total. The van der Waals surface area contributed by atoms with Gasteiger partial charge in [0.15, 0.2) is 0 Å². The lowest BCUT2D eigenvalue weighted by Gasteiger charge is -2.34. The van der Waals surface area contributed by atoms with E-state index < -0.39 is 0 Å². The van der Waals surface area contributed by atoms with Gasteiger partial charge in [0.05, 0.1) is 0 Å². The molecule has 3 heteroatoms. The molecule has 3 N–H and O–H groups in total. The summed E-state index contributed by atoms with van der Waals surface area (Å²) >= 11 is 0. The van der Waals surface area contributed by atoms with Gasteiger partial charge in [-0.2, -0.15) is 0 Å². The van der Waals surface area contributed by atoms with Gasteiger partial charge in [0.1, 0.15) is 0 Å². The second-order valence-electron chi connectivity index (χ2n) is 6.30. The zero-order valence-electron chi connectivity index (χ0n) is 12.5. The minimum Gasteiger partial charge on any atom is -0.361 e. The molecule has 108 valence electrons. The molecule has 1 aromatic heterocycles. The van der Waals surface area contributed by atoms with Crippen molar-refractivity contribution < 1.29 is 0 Å². The Morgan fingerprint density at radius 1 is 1.30 bits per heavy atom. The van der Waals surface area contributed by atoms with Crippen molar-refractivity contribution in [1.82, 2.24) is 9.88 Å². The molecule has 3 rings (SSSR count). The molecule has 1 aliphatic rings. The first-order valence-corrected chi connectivity index (χ1v) is 7.73. The standard InChI is InChI=1S/C17H25N3/c1-3-13-5-4-6-16-14(8-19-17(13)16)10-20-9-12(2)7-15(18)11-20/h4-6,8,12,15,19H,3,7,9-11,18H2,1-2H3. The Kier molecular flexibility index (Phi) is 3.81. The molecule has 1 saturated heterocycles. The first-order chi connectivity index (χ1) is 9.67. The first-order valence-electron chi connectivity index (χ1n) is 7.73. The van der Waals surface area contributed by atoms with Crippen molar-refractivity contribution in [2.24, 2.45) is 11.7 Å². The molecule has 2 unspecified atom stereocenters. The Morgan fingerprint density at radius 2 is 2.15 bits per heavy atom. The molecule has 0 amide bonds. The lowest BCUT2D eigenvalue weighted by Crippen LogP contribution is -2.45. The van der Waals surface area contributed by atoms with E-state index in [4.69, 9.17) is 5.73 Å². The number of hydrogen-bond donors (Lipinski definition) is 2. The highest BCUT2D eigenvalue weighted by molar-refractivity contribution is 5.86. The predicted octanol–water partition coefficient (Wildman–Crippen LogP) is 2.90. The van der Waals surface area contributed by atoms with Gasteiger partial charge in [-0.3, -0.25) is 4.90 Å². The van der Waals surface area contributed by atoms with Crippen molar-refractivity contribution in [2.45, 2.75) is 39.3 Å². The van der Waals surface area contributed by atoms with Gasteiger partial charge in [-0.25, -0.2) is 0 Å². The number of rotatable bonds is 3. The highest BCUT2D eigenvalue weighted by atomic mass is 15.1. The van der Waals surface area contributed by atoms with Crippen molar-refractivity contribution in [3.8, 4) is 0 Å². The SMILES string of the molecule is CCc1cccc2c(CN3CC(C)CC(N)C3)c[nH]c12. The van der Waals surface area contributed by atoms with Gasteiger partial charge in [0.25, 0.3) is 0 Å². The zero-order valence-corrected chi connectivity index (χ0v) is 12.5. The Labute approximate surface area is 121 Å². The van der Waals surface area contributed by atoms with Crippen LogP contribution in [0.5, 0.6) is 0 Å². The maximum absolute atomic E-state index is 6.15. The molecule has 1 aromatic carbocycles. The summed E-state index contributed by atoms with van der Waals surface area (Å²) in [5.41, 5.74) is 10.3. The molecular formula is C17H25N3. The summed E-state index contributed by atoms with van der Waals surface area (Å²) in [5.74, 6) is 0.704. The third-order valence-corrected chi connectivity index (χ3v) is 4.43. The van der Waals surface area contributed by atoms with E-state index in [9.17, 15) is 0 Å². The van der Waals surface area contributed by atoms with Crippen molar-refractivity contribution in [3.63, 3.8) is 0 Å².